The Morgan fingerprint density at radius 1 is 1.10 bits per heavy atom. The lowest BCUT2D eigenvalue weighted by Gasteiger charge is -2.48. The molecule has 0 unspecified atom stereocenters. The zero-order valence-corrected chi connectivity index (χ0v) is 18.6. The second-order valence-corrected chi connectivity index (χ2v) is 8.38. The van der Waals surface area contributed by atoms with Crippen LogP contribution in [0.25, 0.3) is 0 Å². The number of morpholine rings is 1. The van der Waals surface area contributed by atoms with Gasteiger partial charge in [0.2, 0.25) is 0 Å². The van der Waals surface area contributed by atoms with Crippen LogP contribution in [0.15, 0.2) is 29.3 Å². The summed E-state index contributed by atoms with van der Waals surface area (Å²) in [6, 6.07) is 7.06. The van der Waals surface area contributed by atoms with Crippen LogP contribution in [-0.4, -0.2) is 75.3 Å². The van der Waals surface area contributed by atoms with Gasteiger partial charge in [-0.05, 0) is 25.0 Å². The van der Waals surface area contributed by atoms with Gasteiger partial charge in [0.1, 0.15) is 0 Å². The van der Waals surface area contributed by atoms with Gasteiger partial charge in [-0.25, -0.2) is 0 Å². The van der Waals surface area contributed by atoms with Gasteiger partial charge in [0, 0.05) is 45.3 Å². The van der Waals surface area contributed by atoms with Gasteiger partial charge in [-0.3, -0.25) is 14.7 Å². The lowest BCUT2D eigenvalue weighted by atomic mass is 9.80. The largest absolute Gasteiger partial charge is 0.379 e. The average molecular weight is 436 g/mol. The highest BCUT2D eigenvalue weighted by Crippen LogP contribution is 2.33. The number of carbonyl (C=O) groups excluding carboxylic acids is 1. The quantitative estimate of drug-likeness (QED) is 0.348. The predicted molar refractivity (Wildman–Crippen MR) is 121 cm³/mol. The molecule has 7 nitrogen and oxygen atoms in total. The standard InChI is InChI=1S/C22H34ClN5O2/c1-24-21(26-12-11-25-20(29)18-7-3-4-8-19(18)23)27-17-22(9-5-2-6-10-22)28-13-15-30-16-14-28/h3-4,7-8H,2,5-6,9-17H2,1H3,(H,25,29)(H2,24,26,27). The Morgan fingerprint density at radius 3 is 2.50 bits per heavy atom. The van der Waals surface area contributed by atoms with Crippen molar-refractivity contribution in [3.8, 4) is 0 Å². The van der Waals surface area contributed by atoms with E-state index in [1.807, 2.05) is 6.07 Å². The van der Waals surface area contributed by atoms with Crippen LogP contribution in [0.1, 0.15) is 42.5 Å². The Kier molecular flexibility index (Phi) is 8.78. The summed E-state index contributed by atoms with van der Waals surface area (Å²) in [4.78, 5) is 19.2. The Hall–Kier alpha value is -1.83. The van der Waals surface area contributed by atoms with Gasteiger partial charge in [0.05, 0.1) is 23.8 Å². The third kappa shape index (κ3) is 6.09. The number of aliphatic imine (C=N–C) groups is 1. The van der Waals surface area contributed by atoms with Crippen molar-refractivity contribution < 1.29 is 9.53 Å². The lowest BCUT2D eigenvalue weighted by Crippen LogP contribution is -2.60. The molecule has 3 N–H and O–H groups in total. The molecule has 0 atom stereocenters. The summed E-state index contributed by atoms with van der Waals surface area (Å²) in [5.74, 6) is 0.596. The number of nitrogens with one attached hydrogen (secondary N) is 3. The van der Waals surface area contributed by atoms with E-state index in [0.717, 1.165) is 38.8 Å². The van der Waals surface area contributed by atoms with Gasteiger partial charge in [-0.1, -0.05) is 43.0 Å². The first kappa shape index (κ1) is 22.8. The first-order chi connectivity index (χ1) is 14.6. The number of benzene rings is 1. The van der Waals surface area contributed by atoms with E-state index in [4.69, 9.17) is 16.3 Å². The fraction of sp³-hybridized carbons (Fsp3) is 0.636. The molecular formula is C22H34ClN5O2. The molecule has 1 aromatic rings. The first-order valence-electron chi connectivity index (χ1n) is 10.9. The van der Waals surface area contributed by atoms with E-state index >= 15 is 0 Å². The van der Waals surface area contributed by atoms with Crippen LogP contribution in [0.4, 0.5) is 0 Å². The number of halogens is 1. The van der Waals surface area contributed by atoms with Crippen molar-refractivity contribution in [1.82, 2.24) is 20.9 Å². The minimum atomic E-state index is -0.168. The number of ether oxygens (including phenoxy) is 1. The number of rotatable bonds is 7. The zero-order chi connectivity index (χ0) is 21.2. The topological polar surface area (TPSA) is 78.0 Å². The Labute approximate surface area is 184 Å². The summed E-state index contributed by atoms with van der Waals surface area (Å²) in [5.41, 5.74) is 0.671. The number of nitrogens with zero attached hydrogens (tertiary/aromatic N) is 2. The maximum absolute atomic E-state index is 12.2. The van der Waals surface area contributed by atoms with E-state index in [1.54, 1.807) is 25.2 Å². The Bertz CT molecular complexity index is 715. The third-order valence-electron chi connectivity index (χ3n) is 6.10. The monoisotopic (exact) mass is 435 g/mol. The van der Waals surface area contributed by atoms with Crippen molar-refractivity contribution in [3.63, 3.8) is 0 Å². The SMILES string of the molecule is CN=C(NCCNC(=O)c1ccccc1Cl)NCC1(N2CCOCC2)CCCCC1. The van der Waals surface area contributed by atoms with Crippen molar-refractivity contribution in [2.75, 3.05) is 53.0 Å². The van der Waals surface area contributed by atoms with Crippen molar-refractivity contribution in [1.29, 1.82) is 0 Å². The molecule has 0 bridgehead atoms. The third-order valence-corrected chi connectivity index (χ3v) is 6.43. The molecule has 2 fully saturated rings. The predicted octanol–water partition coefficient (Wildman–Crippen LogP) is 2.27. The molecule has 0 spiro atoms. The number of hydrogen-bond acceptors (Lipinski definition) is 4. The van der Waals surface area contributed by atoms with Crippen LogP contribution >= 0.6 is 11.6 Å². The van der Waals surface area contributed by atoms with Gasteiger partial charge >= 0.3 is 0 Å². The molecule has 1 aromatic carbocycles. The molecule has 2 aliphatic rings. The van der Waals surface area contributed by atoms with Crippen LogP contribution in [0.5, 0.6) is 0 Å². The minimum Gasteiger partial charge on any atom is -0.379 e. The zero-order valence-electron chi connectivity index (χ0n) is 17.9. The van der Waals surface area contributed by atoms with Gasteiger partial charge in [0.25, 0.3) is 5.91 Å². The van der Waals surface area contributed by atoms with Crippen molar-refractivity contribution >= 4 is 23.5 Å². The van der Waals surface area contributed by atoms with Crippen LogP contribution in [0, 0.1) is 0 Å². The summed E-state index contributed by atoms with van der Waals surface area (Å²) in [6.07, 6.45) is 6.30. The second-order valence-electron chi connectivity index (χ2n) is 7.97. The van der Waals surface area contributed by atoms with Gasteiger partial charge in [-0.2, -0.15) is 0 Å². The fourth-order valence-corrected chi connectivity index (χ4v) is 4.64. The molecule has 1 aliphatic heterocycles. The maximum Gasteiger partial charge on any atom is 0.252 e. The summed E-state index contributed by atoms with van der Waals surface area (Å²) in [6.45, 7) is 5.59. The Balaban J connectivity index is 1.45. The van der Waals surface area contributed by atoms with Crippen molar-refractivity contribution in [2.45, 2.75) is 37.6 Å². The van der Waals surface area contributed by atoms with E-state index in [2.05, 4.69) is 25.8 Å². The highest BCUT2D eigenvalue weighted by atomic mass is 35.5. The smallest absolute Gasteiger partial charge is 0.252 e. The molecule has 3 rings (SSSR count). The number of carbonyl (C=O) groups is 1. The molecule has 1 saturated carbocycles. The summed E-state index contributed by atoms with van der Waals surface area (Å²) < 4.78 is 5.57. The summed E-state index contributed by atoms with van der Waals surface area (Å²) in [7, 11) is 1.78. The van der Waals surface area contributed by atoms with Crippen molar-refractivity contribution in [3.05, 3.63) is 34.9 Å². The fourth-order valence-electron chi connectivity index (χ4n) is 4.42. The van der Waals surface area contributed by atoms with Crippen LogP contribution < -0.4 is 16.0 Å². The molecule has 0 aromatic heterocycles. The molecule has 1 heterocycles. The van der Waals surface area contributed by atoms with Crippen LogP contribution in [0.2, 0.25) is 5.02 Å². The molecule has 1 saturated heterocycles. The molecule has 166 valence electrons. The van der Waals surface area contributed by atoms with Gasteiger partial charge < -0.3 is 20.7 Å². The van der Waals surface area contributed by atoms with Crippen molar-refractivity contribution in [2.24, 2.45) is 4.99 Å². The lowest BCUT2D eigenvalue weighted by molar-refractivity contribution is -0.0352. The number of guanidine groups is 1. The highest BCUT2D eigenvalue weighted by molar-refractivity contribution is 6.33. The second kappa shape index (κ2) is 11.5. The molecule has 1 amide bonds. The minimum absolute atomic E-state index is 0.168. The van der Waals surface area contributed by atoms with E-state index < -0.39 is 0 Å². The van der Waals surface area contributed by atoms with Gasteiger partial charge in [-0.15, -0.1) is 0 Å². The summed E-state index contributed by atoms with van der Waals surface area (Å²) in [5, 5.41) is 10.2. The van der Waals surface area contributed by atoms with Crippen LogP contribution in [0.3, 0.4) is 0 Å². The van der Waals surface area contributed by atoms with E-state index in [1.165, 1.54) is 32.1 Å². The Morgan fingerprint density at radius 2 is 1.80 bits per heavy atom. The molecule has 30 heavy (non-hydrogen) atoms. The number of hydrogen-bond donors (Lipinski definition) is 3. The van der Waals surface area contributed by atoms with E-state index in [-0.39, 0.29) is 11.4 Å². The first-order valence-corrected chi connectivity index (χ1v) is 11.3. The maximum atomic E-state index is 12.2. The van der Waals surface area contributed by atoms with Crippen LogP contribution in [-0.2, 0) is 4.74 Å². The van der Waals surface area contributed by atoms with Gasteiger partial charge in [0.15, 0.2) is 5.96 Å². The summed E-state index contributed by atoms with van der Waals surface area (Å²) >= 11 is 6.08. The van der Waals surface area contributed by atoms with E-state index in [9.17, 15) is 4.79 Å². The molecule has 0 radical (unpaired) electrons. The normalized spacial score (nSPS) is 19.9. The van der Waals surface area contributed by atoms with E-state index in [0.29, 0.717) is 23.7 Å². The molecule has 1 aliphatic carbocycles. The highest BCUT2D eigenvalue weighted by Gasteiger charge is 2.38. The molecular weight excluding hydrogens is 402 g/mol. The average Bonchev–Trinajstić information content (AvgIpc) is 2.80. The molecule has 8 heteroatoms. The number of amides is 1.